The summed E-state index contributed by atoms with van der Waals surface area (Å²) < 4.78 is 15.5. The van der Waals surface area contributed by atoms with Crippen LogP contribution in [0.1, 0.15) is 28.9 Å². The fraction of sp³-hybridized carbons (Fsp3) is 0.412. The number of amides is 1. The highest BCUT2D eigenvalue weighted by Crippen LogP contribution is 2.22. The lowest BCUT2D eigenvalue weighted by Crippen LogP contribution is -2.47. The largest absolute Gasteiger partial charge is 0.347 e. The van der Waals surface area contributed by atoms with Gasteiger partial charge in [0.1, 0.15) is 11.5 Å². The molecule has 24 heavy (non-hydrogen) atoms. The zero-order valence-electron chi connectivity index (χ0n) is 13.5. The zero-order chi connectivity index (χ0) is 17.1. The SMILES string of the molecule is Cn1ccc(C(=O)NC2CCCN(Cc3c(F)cccc3Cl)C2)n1. The summed E-state index contributed by atoms with van der Waals surface area (Å²) in [5.41, 5.74) is 0.919. The maximum absolute atomic E-state index is 13.9. The fourth-order valence-electron chi connectivity index (χ4n) is 3.02. The number of likely N-dealkylation sites (tertiary alicyclic amines) is 1. The lowest BCUT2D eigenvalue weighted by molar-refractivity contribution is 0.0894. The molecule has 3 rings (SSSR count). The molecule has 0 radical (unpaired) electrons. The van der Waals surface area contributed by atoms with Gasteiger partial charge in [-0.15, -0.1) is 0 Å². The average molecular weight is 351 g/mol. The Morgan fingerprint density at radius 2 is 2.29 bits per heavy atom. The first-order chi connectivity index (χ1) is 11.5. The van der Waals surface area contributed by atoms with Crippen molar-refractivity contribution in [1.82, 2.24) is 20.0 Å². The van der Waals surface area contributed by atoms with Crippen molar-refractivity contribution < 1.29 is 9.18 Å². The number of hydrogen-bond donors (Lipinski definition) is 1. The van der Waals surface area contributed by atoms with Crippen molar-refractivity contribution in [1.29, 1.82) is 0 Å². The second-order valence-electron chi connectivity index (χ2n) is 6.12. The van der Waals surface area contributed by atoms with E-state index in [1.165, 1.54) is 6.07 Å². The summed E-state index contributed by atoms with van der Waals surface area (Å²) in [4.78, 5) is 14.3. The Labute approximate surface area is 145 Å². The van der Waals surface area contributed by atoms with Gasteiger partial charge < -0.3 is 5.32 Å². The van der Waals surface area contributed by atoms with E-state index in [0.29, 0.717) is 29.4 Å². The molecule has 1 atom stereocenters. The molecular weight excluding hydrogens is 331 g/mol. The lowest BCUT2D eigenvalue weighted by Gasteiger charge is -2.33. The van der Waals surface area contributed by atoms with Crippen LogP contribution < -0.4 is 5.32 Å². The molecule has 0 aliphatic carbocycles. The van der Waals surface area contributed by atoms with Crippen LogP contribution in [0.4, 0.5) is 4.39 Å². The Bertz CT molecular complexity index is 713. The molecule has 1 aliphatic heterocycles. The number of hydrogen-bond acceptors (Lipinski definition) is 3. The molecule has 5 nitrogen and oxygen atoms in total. The normalized spacial score (nSPS) is 18.5. The number of aromatic nitrogens is 2. The summed E-state index contributed by atoms with van der Waals surface area (Å²) in [5, 5.41) is 7.56. The molecule has 1 aromatic heterocycles. The summed E-state index contributed by atoms with van der Waals surface area (Å²) in [7, 11) is 1.78. The number of piperidine rings is 1. The van der Waals surface area contributed by atoms with Gasteiger partial charge in [-0.05, 0) is 37.6 Å². The third-order valence-corrected chi connectivity index (χ3v) is 4.58. The molecule has 1 aromatic carbocycles. The maximum Gasteiger partial charge on any atom is 0.272 e. The van der Waals surface area contributed by atoms with Crippen molar-refractivity contribution >= 4 is 17.5 Å². The monoisotopic (exact) mass is 350 g/mol. The molecule has 1 aliphatic rings. The van der Waals surface area contributed by atoms with Crippen LogP contribution in [0.15, 0.2) is 30.5 Å². The van der Waals surface area contributed by atoms with Crippen molar-refractivity contribution in [3.63, 3.8) is 0 Å². The summed E-state index contributed by atoms with van der Waals surface area (Å²) in [5.74, 6) is -0.464. The van der Waals surface area contributed by atoms with E-state index in [4.69, 9.17) is 11.6 Å². The summed E-state index contributed by atoms with van der Waals surface area (Å²) in [6.07, 6.45) is 3.58. The van der Waals surface area contributed by atoms with Crippen molar-refractivity contribution in [3.05, 3.63) is 52.6 Å². The van der Waals surface area contributed by atoms with E-state index >= 15 is 0 Å². The number of rotatable bonds is 4. The minimum absolute atomic E-state index is 0.0267. The van der Waals surface area contributed by atoms with Crippen LogP contribution >= 0.6 is 11.6 Å². The first-order valence-corrected chi connectivity index (χ1v) is 8.36. The highest BCUT2D eigenvalue weighted by molar-refractivity contribution is 6.31. The molecular formula is C17H20ClFN4O. The smallest absolute Gasteiger partial charge is 0.272 e. The van der Waals surface area contributed by atoms with Gasteiger partial charge in [-0.25, -0.2) is 4.39 Å². The zero-order valence-corrected chi connectivity index (χ0v) is 14.3. The Hall–Kier alpha value is -1.92. The van der Waals surface area contributed by atoms with E-state index in [1.807, 2.05) is 0 Å². The van der Waals surface area contributed by atoms with Crippen LogP contribution in [0.2, 0.25) is 5.02 Å². The molecule has 0 bridgehead atoms. The Morgan fingerprint density at radius 1 is 1.46 bits per heavy atom. The molecule has 1 amide bonds. The molecule has 2 heterocycles. The van der Waals surface area contributed by atoms with Crippen molar-refractivity contribution in [3.8, 4) is 0 Å². The van der Waals surface area contributed by atoms with Crippen molar-refractivity contribution in [2.24, 2.45) is 7.05 Å². The molecule has 1 saturated heterocycles. The number of halogens is 2. The summed E-state index contributed by atoms with van der Waals surface area (Å²) >= 11 is 6.10. The molecule has 2 aromatic rings. The average Bonchev–Trinajstić information content (AvgIpc) is 2.98. The minimum Gasteiger partial charge on any atom is -0.347 e. The highest BCUT2D eigenvalue weighted by atomic mass is 35.5. The minimum atomic E-state index is -0.290. The molecule has 7 heteroatoms. The fourth-order valence-corrected chi connectivity index (χ4v) is 3.24. The number of nitrogens with zero attached hydrogens (tertiary/aromatic N) is 3. The van der Waals surface area contributed by atoms with Gasteiger partial charge in [-0.3, -0.25) is 14.4 Å². The Morgan fingerprint density at radius 3 is 3.00 bits per heavy atom. The summed E-state index contributed by atoms with van der Waals surface area (Å²) in [6, 6.07) is 6.44. The van der Waals surface area contributed by atoms with Crippen LogP contribution in [0.5, 0.6) is 0 Å². The molecule has 1 unspecified atom stereocenters. The van der Waals surface area contributed by atoms with Crippen molar-refractivity contribution in [2.75, 3.05) is 13.1 Å². The van der Waals surface area contributed by atoms with E-state index in [-0.39, 0.29) is 17.8 Å². The second kappa shape index (κ2) is 7.32. The van der Waals surface area contributed by atoms with E-state index in [0.717, 1.165) is 19.4 Å². The number of aryl methyl sites for hydroxylation is 1. The first kappa shape index (κ1) is 16.9. The third kappa shape index (κ3) is 3.94. The molecule has 128 valence electrons. The number of benzene rings is 1. The van der Waals surface area contributed by atoms with Gasteiger partial charge in [0.05, 0.1) is 0 Å². The van der Waals surface area contributed by atoms with Gasteiger partial charge >= 0.3 is 0 Å². The lowest BCUT2D eigenvalue weighted by atomic mass is 10.0. The molecule has 1 fully saturated rings. The highest BCUT2D eigenvalue weighted by Gasteiger charge is 2.23. The van der Waals surface area contributed by atoms with Crippen LogP contribution in [0.3, 0.4) is 0 Å². The van der Waals surface area contributed by atoms with Gasteiger partial charge in [-0.1, -0.05) is 17.7 Å². The standard InChI is InChI=1S/C17H20ClFN4O/c1-22-9-7-16(21-22)17(24)20-12-4-3-8-23(10-12)11-13-14(18)5-2-6-15(13)19/h2,5-7,9,12H,3-4,8,10-11H2,1H3,(H,20,24). The van der Waals surface area contributed by atoms with Gasteiger partial charge in [0.25, 0.3) is 5.91 Å². The molecule has 1 N–H and O–H groups in total. The Kier molecular flexibility index (Phi) is 5.16. The molecule has 0 saturated carbocycles. The predicted octanol–water partition coefficient (Wildman–Crippen LogP) is 2.61. The predicted molar refractivity (Wildman–Crippen MR) is 90.4 cm³/mol. The van der Waals surface area contributed by atoms with Crippen LogP contribution in [-0.4, -0.2) is 39.7 Å². The number of carbonyl (C=O) groups excluding carboxylic acids is 1. The number of nitrogens with one attached hydrogen (secondary N) is 1. The van der Waals surface area contributed by atoms with Gasteiger partial charge in [-0.2, -0.15) is 5.10 Å². The van der Waals surface area contributed by atoms with Gasteiger partial charge in [0.2, 0.25) is 0 Å². The topological polar surface area (TPSA) is 50.2 Å². The summed E-state index contributed by atoms with van der Waals surface area (Å²) in [6.45, 7) is 1.98. The van der Waals surface area contributed by atoms with E-state index < -0.39 is 0 Å². The first-order valence-electron chi connectivity index (χ1n) is 7.98. The third-order valence-electron chi connectivity index (χ3n) is 4.23. The maximum atomic E-state index is 13.9. The van der Waals surface area contributed by atoms with E-state index in [1.54, 1.807) is 36.1 Å². The second-order valence-corrected chi connectivity index (χ2v) is 6.53. The molecule has 0 spiro atoms. The van der Waals surface area contributed by atoms with E-state index in [9.17, 15) is 9.18 Å². The van der Waals surface area contributed by atoms with E-state index in [2.05, 4.69) is 15.3 Å². The van der Waals surface area contributed by atoms with Crippen LogP contribution in [-0.2, 0) is 13.6 Å². The van der Waals surface area contributed by atoms with Gasteiger partial charge in [0, 0.05) is 43.0 Å². The van der Waals surface area contributed by atoms with Gasteiger partial charge in [0.15, 0.2) is 0 Å². The van der Waals surface area contributed by atoms with Crippen LogP contribution in [0.25, 0.3) is 0 Å². The Balaban J connectivity index is 1.61. The van der Waals surface area contributed by atoms with Crippen molar-refractivity contribution in [2.45, 2.75) is 25.4 Å². The quantitative estimate of drug-likeness (QED) is 0.922. The van der Waals surface area contributed by atoms with Crippen LogP contribution in [0, 0.1) is 5.82 Å². The number of carbonyl (C=O) groups is 1.